The van der Waals surface area contributed by atoms with Crippen LogP contribution in [0.5, 0.6) is 0 Å². The zero-order chi connectivity index (χ0) is 23.7. The van der Waals surface area contributed by atoms with Crippen LogP contribution in [0.2, 0.25) is 0 Å². The molecule has 1 aromatic carbocycles. The van der Waals surface area contributed by atoms with E-state index in [0.717, 1.165) is 34.7 Å². The number of hydrogen-bond donors (Lipinski definition) is 3. The molecular formula is C18H16BrN3O6S4. The summed E-state index contributed by atoms with van der Waals surface area (Å²) in [5, 5.41) is 17.3. The molecule has 0 aliphatic carbocycles. The minimum Gasteiger partial charge on any atom is -0.477 e. The highest BCUT2D eigenvalue weighted by atomic mass is 79.9. The zero-order valence-corrected chi connectivity index (χ0v) is 21.1. The Morgan fingerprint density at radius 2 is 1.84 bits per heavy atom. The molecule has 0 atom stereocenters. The van der Waals surface area contributed by atoms with E-state index in [2.05, 4.69) is 26.2 Å². The molecule has 0 spiro atoms. The second-order valence-electron chi connectivity index (χ2n) is 6.32. The first-order valence-corrected chi connectivity index (χ1v) is 14.5. The fraction of sp³-hybridized carbons (Fsp3) is 0.111. The van der Waals surface area contributed by atoms with E-state index >= 15 is 0 Å². The van der Waals surface area contributed by atoms with Crippen LogP contribution >= 0.6 is 39.0 Å². The van der Waals surface area contributed by atoms with Gasteiger partial charge in [0.1, 0.15) is 10.7 Å². The number of sulfonamides is 1. The van der Waals surface area contributed by atoms with Crippen LogP contribution in [-0.2, 0) is 26.4 Å². The van der Waals surface area contributed by atoms with E-state index in [0.29, 0.717) is 21.0 Å². The molecule has 170 valence electrons. The third-order valence-corrected chi connectivity index (χ3v) is 9.99. The number of carbonyl (C=O) groups is 1. The Morgan fingerprint density at radius 1 is 1.19 bits per heavy atom. The highest BCUT2D eigenvalue weighted by molar-refractivity contribution is 9.10. The number of nitrogens with two attached hydrogens (primary N) is 1. The number of nitrogens with zero attached hydrogens (tertiary/aromatic N) is 1. The topological polar surface area (TPSA) is 157 Å². The average Bonchev–Trinajstić information content (AvgIpc) is 3.18. The lowest BCUT2D eigenvalue weighted by molar-refractivity contribution is 0.0702. The van der Waals surface area contributed by atoms with Crippen molar-refractivity contribution in [2.45, 2.75) is 25.4 Å². The Balaban J connectivity index is 1.82. The van der Waals surface area contributed by atoms with Gasteiger partial charge in [-0.3, -0.25) is 0 Å². The molecule has 3 rings (SSSR count). The van der Waals surface area contributed by atoms with Crippen molar-refractivity contribution in [3.05, 3.63) is 57.5 Å². The van der Waals surface area contributed by atoms with Gasteiger partial charge in [-0.25, -0.2) is 31.8 Å². The average molecular weight is 579 g/mol. The summed E-state index contributed by atoms with van der Waals surface area (Å²) in [5.74, 6) is -0.816. The quantitative estimate of drug-likeness (QED) is 0.341. The first-order chi connectivity index (χ1) is 14.9. The van der Waals surface area contributed by atoms with Crippen molar-refractivity contribution < 1.29 is 26.7 Å². The summed E-state index contributed by atoms with van der Waals surface area (Å²) in [6, 6.07) is 8.51. The maximum absolute atomic E-state index is 13.1. The van der Waals surface area contributed by atoms with Crippen LogP contribution in [0.25, 0.3) is 0 Å². The molecule has 0 radical (unpaired) electrons. The maximum Gasteiger partial charge on any atom is 0.345 e. The van der Waals surface area contributed by atoms with Crippen LogP contribution in [-0.4, -0.2) is 39.2 Å². The second-order valence-corrected chi connectivity index (χ2v) is 12.8. The van der Waals surface area contributed by atoms with E-state index in [1.807, 2.05) is 0 Å². The lowest BCUT2D eigenvalue weighted by Crippen LogP contribution is -2.12. The molecule has 4 N–H and O–H groups in total. The molecule has 0 fully saturated rings. The van der Waals surface area contributed by atoms with E-state index in [-0.39, 0.29) is 19.6 Å². The van der Waals surface area contributed by atoms with Crippen LogP contribution in [0.3, 0.4) is 0 Å². The van der Waals surface area contributed by atoms with Crippen molar-refractivity contribution in [1.29, 1.82) is 0 Å². The monoisotopic (exact) mass is 577 g/mol. The van der Waals surface area contributed by atoms with Gasteiger partial charge >= 0.3 is 5.97 Å². The molecule has 0 bridgehead atoms. The summed E-state index contributed by atoms with van der Waals surface area (Å²) in [6.45, 7) is 0.297. The number of aromatic carboxylic acids is 1. The minimum absolute atomic E-state index is 0.000729. The summed E-state index contributed by atoms with van der Waals surface area (Å²) < 4.78 is 49.5. The van der Waals surface area contributed by atoms with Crippen molar-refractivity contribution in [3.8, 4) is 0 Å². The van der Waals surface area contributed by atoms with E-state index in [1.165, 1.54) is 24.4 Å². The normalized spacial score (nSPS) is 12.0. The largest absolute Gasteiger partial charge is 0.477 e. The summed E-state index contributed by atoms with van der Waals surface area (Å²) in [5.41, 5.74) is 0.756. The van der Waals surface area contributed by atoms with Gasteiger partial charge in [0.05, 0.1) is 23.4 Å². The number of primary sulfonamides is 1. The van der Waals surface area contributed by atoms with Gasteiger partial charge in [-0.05, 0) is 52.0 Å². The van der Waals surface area contributed by atoms with Gasteiger partial charge in [-0.15, -0.1) is 23.1 Å². The standard InChI is InChI=1S/C18H16BrN3O6S4/c1-29-18-15(7-14(30-18)17(23)24)31(25,26)12-6-13(19)16(22-9-12)21-8-10-2-4-11(5-3-10)32(20,27)28/h2-7,9H,8H2,1H3,(H,21,22)(H,23,24)(H2,20,27,28). The smallest absolute Gasteiger partial charge is 0.345 e. The molecule has 2 heterocycles. The number of hydrogen-bond acceptors (Lipinski definition) is 9. The highest BCUT2D eigenvalue weighted by Gasteiger charge is 2.27. The number of thiophene rings is 1. The molecule has 3 aromatic rings. The van der Waals surface area contributed by atoms with Crippen LogP contribution in [0.1, 0.15) is 15.2 Å². The number of thioether (sulfide) groups is 1. The van der Waals surface area contributed by atoms with Gasteiger partial charge in [0.15, 0.2) is 0 Å². The fourth-order valence-electron chi connectivity index (χ4n) is 2.60. The molecule has 0 saturated carbocycles. The van der Waals surface area contributed by atoms with Gasteiger partial charge < -0.3 is 10.4 Å². The number of halogens is 1. The molecule has 0 aliphatic heterocycles. The van der Waals surface area contributed by atoms with Crippen LogP contribution in [0.4, 0.5) is 5.82 Å². The van der Waals surface area contributed by atoms with Crippen molar-refractivity contribution in [3.63, 3.8) is 0 Å². The third kappa shape index (κ3) is 5.32. The van der Waals surface area contributed by atoms with Gasteiger partial charge in [0.25, 0.3) is 0 Å². The molecule has 0 aliphatic rings. The fourth-order valence-corrected chi connectivity index (χ4v) is 7.56. The van der Waals surface area contributed by atoms with Crippen LogP contribution < -0.4 is 10.5 Å². The molecule has 0 saturated heterocycles. The second kappa shape index (κ2) is 9.49. The molecule has 0 unspecified atom stereocenters. The molecule has 14 heteroatoms. The Hall–Kier alpha value is -1.97. The Kier molecular flexibility index (Phi) is 7.31. The van der Waals surface area contributed by atoms with Crippen molar-refractivity contribution >= 4 is 70.7 Å². The first kappa shape index (κ1) is 24.7. The Morgan fingerprint density at radius 3 is 2.38 bits per heavy atom. The first-order valence-electron chi connectivity index (χ1n) is 8.61. The maximum atomic E-state index is 13.1. The summed E-state index contributed by atoms with van der Waals surface area (Å²) in [7, 11) is -7.76. The lowest BCUT2D eigenvalue weighted by Gasteiger charge is -2.10. The van der Waals surface area contributed by atoms with Crippen LogP contribution in [0, 0.1) is 0 Å². The molecule has 9 nitrogen and oxygen atoms in total. The van der Waals surface area contributed by atoms with Gasteiger partial charge in [0, 0.05) is 12.7 Å². The van der Waals surface area contributed by atoms with E-state index in [1.54, 1.807) is 18.4 Å². The van der Waals surface area contributed by atoms with E-state index < -0.39 is 25.8 Å². The number of rotatable bonds is 8. The summed E-state index contributed by atoms with van der Waals surface area (Å²) >= 11 is 5.36. The predicted molar refractivity (Wildman–Crippen MR) is 126 cm³/mol. The number of carboxylic acids is 1. The number of carboxylic acid groups (broad SMARTS) is 1. The Labute approximate surface area is 201 Å². The molecule has 0 amide bonds. The van der Waals surface area contributed by atoms with Crippen LogP contribution in [0.15, 0.2) is 66.0 Å². The van der Waals surface area contributed by atoms with E-state index in [4.69, 9.17) is 5.14 Å². The zero-order valence-electron chi connectivity index (χ0n) is 16.3. The van der Waals surface area contributed by atoms with Crippen molar-refractivity contribution in [1.82, 2.24) is 4.98 Å². The minimum atomic E-state index is -3.98. The SMILES string of the molecule is CSc1sc(C(=O)O)cc1S(=O)(=O)c1cnc(NCc2ccc(S(N)(=O)=O)cc2)c(Br)c1. The number of sulfone groups is 1. The molecule has 2 aromatic heterocycles. The van der Waals surface area contributed by atoms with Gasteiger partial charge in [0.2, 0.25) is 19.9 Å². The summed E-state index contributed by atoms with van der Waals surface area (Å²) in [4.78, 5) is 15.2. The number of benzene rings is 1. The van der Waals surface area contributed by atoms with Crippen molar-refractivity contribution in [2.24, 2.45) is 5.14 Å². The lowest BCUT2D eigenvalue weighted by atomic mass is 10.2. The summed E-state index contributed by atoms with van der Waals surface area (Å²) in [6.07, 6.45) is 2.86. The Bertz CT molecular complexity index is 1390. The van der Waals surface area contributed by atoms with Gasteiger partial charge in [-0.1, -0.05) is 12.1 Å². The van der Waals surface area contributed by atoms with Gasteiger partial charge in [-0.2, -0.15) is 0 Å². The third-order valence-electron chi connectivity index (χ3n) is 4.19. The number of aromatic nitrogens is 1. The number of pyridine rings is 1. The molecule has 32 heavy (non-hydrogen) atoms. The highest BCUT2D eigenvalue weighted by Crippen LogP contribution is 2.37. The molecular weight excluding hydrogens is 562 g/mol. The predicted octanol–water partition coefficient (Wildman–Crippen LogP) is 3.42. The van der Waals surface area contributed by atoms with Crippen molar-refractivity contribution in [2.75, 3.05) is 11.6 Å². The number of nitrogens with one attached hydrogen (secondary N) is 1. The number of anilines is 1. The van der Waals surface area contributed by atoms with E-state index in [9.17, 15) is 26.7 Å².